The number of benzene rings is 1. The van der Waals surface area contributed by atoms with Crippen molar-refractivity contribution in [3.8, 4) is 0 Å². The van der Waals surface area contributed by atoms with Crippen molar-refractivity contribution in [2.24, 2.45) is 0 Å². The lowest BCUT2D eigenvalue weighted by Gasteiger charge is -2.38. The van der Waals surface area contributed by atoms with Crippen LogP contribution in [-0.2, 0) is 0 Å². The van der Waals surface area contributed by atoms with E-state index in [1.165, 1.54) is 60.2 Å². The van der Waals surface area contributed by atoms with Gasteiger partial charge in [0.25, 0.3) is 0 Å². The largest absolute Gasteiger partial charge is 0.314 e. The summed E-state index contributed by atoms with van der Waals surface area (Å²) in [4.78, 5) is 2.72. The normalized spacial score (nSPS) is 16.2. The number of nitrogens with one attached hydrogen (secondary N) is 1. The fourth-order valence-electron chi connectivity index (χ4n) is 3.93. The van der Waals surface area contributed by atoms with Crippen LogP contribution >= 0.6 is 24.8 Å². The molecule has 0 unspecified atom stereocenters. The maximum Gasteiger partial charge on any atom is 0.0354 e. The highest BCUT2D eigenvalue weighted by molar-refractivity contribution is 5.85. The zero-order chi connectivity index (χ0) is 16.3. The molecule has 1 aliphatic heterocycles. The van der Waals surface area contributed by atoms with Gasteiger partial charge in [0.15, 0.2) is 0 Å². The summed E-state index contributed by atoms with van der Waals surface area (Å²) >= 11 is 0. The third-order valence-electron chi connectivity index (χ3n) is 5.81. The topological polar surface area (TPSA) is 15.3 Å². The number of rotatable bonds is 5. The standard InChI is InChI=1S/C20H34N2.2ClH/c1-7-8-9-19(22-12-10-21-11-13-22)20-17(5)15(3)14(2)16(4)18(20)6;;/h19,21H,7-13H2,1-6H3;2*1H/t19-;;/m0../s1. The second-order valence-corrected chi connectivity index (χ2v) is 6.98. The monoisotopic (exact) mass is 374 g/mol. The number of unbranched alkanes of at least 4 members (excludes halogenated alkanes) is 1. The Balaban J connectivity index is 0.00000264. The van der Waals surface area contributed by atoms with Crippen molar-refractivity contribution < 1.29 is 0 Å². The van der Waals surface area contributed by atoms with Gasteiger partial charge in [0.05, 0.1) is 0 Å². The number of nitrogens with zero attached hydrogens (tertiary/aromatic N) is 1. The van der Waals surface area contributed by atoms with Gasteiger partial charge in [-0.15, -0.1) is 24.8 Å². The molecule has 2 rings (SSSR count). The van der Waals surface area contributed by atoms with Crippen LogP contribution in [0.1, 0.15) is 65.6 Å². The second kappa shape index (κ2) is 10.7. The van der Waals surface area contributed by atoms with Crippen LogP contribution in [0.5, 0.6) is 0 Å². The first-order valence-electron chi connectivity index (χ1n) is 9.00. The summed E-state index contributed by atoms with van der Waals surface area (Å²) in [7, 11) is 0. The highest BCUT2D eigenvalue weighted by Gasteiger charge is 2.26. The van der Waals surface area contributed by atoms with Crippen molar-refractivity contribution in [1.82, 2.24) is 10.2 Å². The molecule has 0 radical (unpaired) electrons. The van der Waals surface area contributed by atoms with Gasteiger partial charge in [-0.05, 0) is 74.4 Å². The molecular formula is C20H36Cl2N2. The molecule has 1 fully saturated rings. The Bertz CT molecular complexity index is 494. The SMILES string of the molecule is CCCC[C@@H](c1c(C)c(C)c(C)c(C)c1C)N1CCNCC1.Cl.Cl. The van der Waals surface area contributed by atoms with Gasteiger partial charge in [-0.25, -0.2) is 0 Å². The molecule has 0 saturated carbocycles. The molecule has 1 saturated heterocycles. The Hall–Kier alpha value is -0.280. The highest BCUT2D eigenvalue weighted by Crippen LogP contribution is 2.36. The van der Waals surface area contributed by atoms with Gasteiger partial charge in [-0.1, -0.05) is 19.8 Å². The average molecular weight is 375 g/mol. The van der Waals surface area contributed by atoms with Crippen molar-refractivity contribution in [2.45, 2.75) is 66.8 Å². The first-order valence-corrected chi connectivity index (χ1v) is 9.00. The maximum atomic E-state index is 3.50. The van der Waals surface area contributed by atoms with Gasteiger partial charge in [-0.3, -0.25) is 4.90 Å². The zero-order valence-electron chi connectivity index (χ0n) is 16.3. The molecular weight excluding hydrogens is 339 g/mol. The van der Waals surface area contributed by atoms with Gasteiger partial charge >= 0.3 is 0 Å². The van der Waals surface area contributed by atoms with Gasteiger partial charge in [0.2, 0.25) is 0 Å². The molecule has 0 aliphatic carbocycles. The van der Waals surface area contributed by atoms with Crippen LogP contribution in [0.2, 0.25) is 0 Å². The Labute approximate surface area is 161 Å². The van der Waals surface area contributed by atoms with E-state index < -0.39 is 0 Å². The van der Waals surface area contributed by atoms with E-state index in [1.807, 2.05) is 0 Å². The fraction of sp³-hybridized carbons (Fsp3) is 0.700. The number of hydrogen-bond donors (Lipinski definition) is 1. The first kappa shape index (κ1) is 23.7. The Morgan fingerprint density at radius 3 is 1.75 bits per heavy atom. The van der Waals surface area contributed by atoms with E-state index in [4.69, 9.17) is 0 Å². The summed E-state index contributed by atoms with van der Waals surface area (Å²) in [6.45, 7) is 18.5. The summed E-state index contributed by atoms with van der Waals surface area (Å²) in [6.07, 6.45) is 3.89. The van der Waals surface area contributed by atoms with E-state index in [2.05, 4.69) is 51.8 Å². The van der Waals surface area contributed by atoms with Crippen molar-refractivity contribution in [1.29, 1.82) is 0 Å². The van der Waals surface area contributed by atoms with Crippen LogP contribution in [0.3, 0.4) is 0 Å². The predicted octanol–water partition coefficient (Wildman–Crippen LogP) is 5.21. The Kier molecular flexibility index (Phi) is 10.5. The van der Waals surface area contributed by atoms with E-state index >= 15 is 0 Å². The van der Waals surface area contributed by atoms with Crippen molar-refractivity contribution in [2.75, 3.05) is 26.2 Å². The molecule has 140 valence electrons. The summed E-state index contributed by atoms with van der Waals surface area (Å²) < 4.78 is 0. The minimum Gasteiger partial charge on any atom is -0.314 e. The Morgan fingerprint density at radius 2 is 1.29 bits per heavy atom. The molecule has 2 nitrogen and oxygen atoms in total. The first-order chi connectivity index (χ1) is 10.5. The molecule has 1 atom stereocenters. The third kappa shape index (κ3) is 4.88. The number of halogens is 2. The molecule has 0 amide bonds. The molecule has 24 heavy (non-hydrogen) atoms. The van der Waals surface area contributed by atoms with Gasteiger partial charge in [0, 0.05) is 32.2 Å². The van der Waals surface area contributed by atoms with Crippen LogP contribution in [0.15, 0.2) is 0 Å². The molecule has 1 N–H and O–H groups in total. The smallest absolute Gasteiger partial charge is 0.0354 e. The van der Waals surface area contributed by atoms with Gasteiger partial charge in [0.1, 0.15) is 0 Å². The molecule has 0 spiro atoms. The summed E-state index contributed by atoms with van der Waals surface area (Å²) in [5.74, 6) is 0. The lowest BCUT2D eigenvalue weighted by molar-refractivity contribution is 0.162. The van der Waals surface area contributed by atoms with E-state index in [9.17, 15) is 0 Å². The second-order valence-electron chi connectivity index (χ2n) is 6.98. The summed E-state index contributed by atoms with van der Waals surface area (Å²) in [5, 5.41) is 3.50. The van der Waals surface area contributed by atoms with Crippen molar-refractivity contribution in [3.63, 3.8) is 0 Å². The van der Waals surface area contributed by atoms with E-state index in [0.717, 1.165) is 13.1 Å². The minimum absolute atomic E-state index is 0. The van der Waals surface area contributed by atoms with Crippen LogP contribution in [0.25, 0.3) is 0 Å². The minimum atomic E-state index is 0. The average Bonchev–Trinajstić information content (AvgIpc) is 2.55. The van der Waals surface area contributed by atoms with Crippen molar-refractivity contribution >= 4 is 24.8 Å². The summed E-state index contributed by atoms with van der Waals surface area (Å²) in [5.41, 5.74) is 9.15. The van der Waals surface area contributed by atoms with E-state index in [1.54, 1.807) is 5.56 Å². The van der Waals surface area contributed by atoms with Crippen LogP contribution in [-0.4, -0.2) is 31.1 Å². The predicted molar refractivity (Wildman–Crippen MR) is 111 cm³/mol. The lowest BCUT2D eigenvalue weighted by atomic mass is 9.84. The molecule has 4 heteroatoms. The Morgan fingerprint density at radius 1 is 0.833 bits per heavy atom. The zero-order valence-corrected chi connectivity index (χ0v) is 17.9. The summed E-state index contributed by atoms with van der Waals surface area (Å²) in [6, 6.07) is 0.597. The van der Waals surface area contributed by atoms with Crippen LogP contribution in [0.4, 0.5) is 0 Å². The van der Waals surface area contributed by atoms with Gasteiger partial charge < -0.3 is 5.32 Å². The van der Waals surface area contributed by atoms with Crippen LogP contribution < -0.4 is 5.32 Å². The third-order valence-corrected chi connectivity index (χ3v) is 5.81. The van der Waals surface area contributed by atoms with Crippen LogP contribution in [0, 0.1) is 34.6 Å². The molecule has 1 aromatic rings. The molecule has 1 aromatic carbocycles. The molecule has 1 heterocycles. The number of piperazine rings is 1. The lowest BCUT2D eigenvalue weighted by Crippen LogP contribution is -2.45. The van der Waals surface area contributed by atoms with E-state index in [-0.39, 0.29) is 24.8 Å². The number of hydrogen-bond acceptors (Lipinski definition) is 2. The maximum absolute atomic E-state index is 3.50. The molecule has 0 bridgehead atoms. The fourth-order valence-corrected chi connectivity index (χ4v) is 3.93. The quantitative estimate of drug-likeness (QED) is 0.760. The van der Waals surface area contributed by atoms with Gasteiger partial charge in [-0.2, -0.15) is 0 Å². The van der Waals surface area contributed by atoms with E-state index in [0.29, 0.717) is 6.04 Å². The molecule has 0 aromatic heterocycles. The molecule has 1 aliphatic rings. The highest BCUT2D eigenvalue weighted by atomic mass is 35.5. The van der Waals surface area contributed by atoms with Crippen molar-refractivity contribution in [3.05, 3.63) is 33.4 Å².